The summed E-state index contributed by atoms with van der Waals surface area (Å²) in [5.41, 5.74) is 0.783. The van der Waals surface area contributed by atoms with Gasteiger partial charge in [-0.25, -0.2) is 4.39 Å². The molecule has 1 amide bonds. The highest BCUT2D eigenvalue weighted by molar-refractivity contribution is 5.76. The molecule has 1 rings (SSSR count). The number of methoxy groups -OCH3 is 2. The van der Waals surface area contributed by atoms with Crippen molar-refractivity contribution in [2.45, 2.75) is 19.3 Å². The van der Waals surface area contributed by atoms with Crippen LogP contribution in [-0.2, 0) is 16.0 Å². The first-order valence-electron chi connectivity index (χ1n) is 6.25. The summed E-state index contributed by atoms with van der Waals surface area (Å²) in [6, 6.07) is 4.73. The lowest BCUT2D eigenvalue weighted by Crippen LogP contribution is -2.25. The fourth-order valence-corrected chi connectivity index (χ4v) is 1.66. The summed E-state index contributed by atoms with van der Waals surface area (Å²) >= 11 is 0. The van der Waals surface area contributed by atoms with Crippen molar-refractivity contribution in [1.82, 2.24) is 5.32 Å². The molecule has 0 aromatic heterocycles. The zero-order valence-electron chi connectivity index (χ0n) is 11.4. The highest BCUT2D eigenvalue weighted by atomic mass is 19.1. The van der Waals surface area contributed by atoms with E-state index >= 15 is 0 Å². The number of halogens is 1. The Morgan fingerprint density at radius 3 is 2.79 bits per heavy atom. The van der Waals surface area contributed by atoms with E-state index in [0.29, 0.717) is 26.0 Å². The van der Waals surface area contributed by atoms with Gasteiger partial charge in [-0.05, 0) is 30.5 Å². The maximum atomic E-state index is 13.4. The van der Waals surface area contributed by atoms with Gasteiger partial charge >= 0.3 is 0 Å². The molecule has 0 unspecified atom stereocenters. The van der Waals surface area contributed by atoms with E-state index in [1.54, 1.807) is 19.2 Å². The minimum atomic E-state index is -0.402. The molecule has 106 valence electrons. The molecule has 0 radical (unpaired) electrons. The Hall–Kier alpha value is -1.62. The predicted octanol–water partition coefficient (Wildman–Crippen LogP) is 1.92. The molecule has 0 heterocycles. The molecule has 0 saturated carbocycles. The third kappa shape index (κ3) is 5.70. The van der Waals surface area contributed by atoms with Gasteiger partial charge in [0.1, 0.15) is 0 Å². The Balaban J connectivity index is 2.32. The van der Waals surface area contributed by atoms with Crippen LogP contribution in [0.15, 0.2) is 18.2 Å². The molecule has 0 aliphatic heterocycles. The average Bonchev–Trinajstić information content (AvgIpc) is 2.41. The van der Waals surface area contributed by atoms with Crippen LogP contribution in [0.25, 0.3) is 0 Å². The molecular formula is C14H20FNO3. The Morgan fingerprint density at radius 2 is 2.16 bits per heavy atom. The van der Waals surface area contributed by atoms with Gasteiger partial charge in [0.05, 0.1) is 7.11 Å². The molecule has 0 fully saturated rings. The van der Waals surface area contributed by atoms with Crippen LogP contribution in [0.3, 0.4) is 0 Å². The quantitative estimate of drug-likeness (QED) is 0.733. The monoisotopic (exact) mass is 269 g/mol. The fourth-order valence-electron chi connectivity index (χ4n) is 1.66. The van der Waals surface area contributed by atoms with Crippen LogP contribution in [0.1, 0.15) is 18.4 Å². The van der Waals surface area contributed by atoms with Gasteiger partial charge in [0.25, 0.3) is 0 Å². The lowest BCUT2D eigenvalue weighted by atomic mass is 10.1. The zero-order valence-corrected chi connectivity index (χ0v) is 11.4. The standard InChI is InChI=1S/C14H20FNO3/c1-18-9-3-8-16-14(17)7-5-11-4-6-13(19-2)12(15)10-11/h4,6,10H,3,5,7-9H2,1-2H3,(H,16,17). The van der Waals surface area contributed by atoms with E-state index in [1.165, 1.54) is 13.2 Å². The maximum absolute atomic E-state index is 13.4. The van der Waals surface area contributed by atoms with Crippen LogP contribution in [0, 0.1) is 5.82 Å². The van der Waals surface area contributed by atoms with Crippen molar-refractivity contribution < 1.29 is 18.7 Å². The van der Waals surface area contributed by atoms with Gasteiger partial charge in [-0.15, -0.1) is 0 Å². The summed E-state index contributed by atoms with van der Waals surface area (Å²) in [6.07, 6.45) is 1.65. The molecular weight excluding hydrogens is 249 g/mol. The summed E-state index contributed by atoms with van der Waals surface area (Å²) in [4.78, 5) is 11.5. The van der Waals surface area contributed by atoms with Crippen LogP contribution in [0.4, 0.5) is 4.39 Å². The number of nitrogens with one attached hydrogen (secondary N) is 1. The molecule has 1 N–H and O–H groups in total. The van der Waals surface area contributed by atoms with Crippen LogP contribution in [0.5, 0.6) is 5.75 Å². The van der Waals surface area contributed by atoms with E-state index in [4.69, 9.17) is 9.47 Å². The van der Waals surface area contributed by atoms with E-state index in [2.05, 4.69) is 5.32 Å². The molecule has 1 aromatic carbocycles. The summed E-state index contributed by atoms with van der Waals surface area (Å²) in [5, 5.41) is 2.79. The molecule has 1 aromatic rings. The number of ether oxygens (including phenoxy) is 2. The van der Waals surface area contributed by atoms with E-state index in [0.717, 1.165) is 12.0 Å². The predicted molar refractivity (Wildman–Crippen MR) is 70.8 cm³/mol. The second kappa shape index (κ2) is 8.48. The van der Waals surface area contributed by atoms with Gasteiger partial charge < -0.3 is 14.8 Å². The highest BCUT2D eigenvalue weighted by Crippen LogP contribution is 2.18. The summed E-state index contributed by atoms with van der Waals surface area (Å²) in [6.45, 7) is 1.23. The number of hydrogen-bond donors (Lipinski definition) is 1. The Labute approximate surface area is 112 Å². The van der Waals surface area contributed by atoms with Gasteiger partial charge in [-0.3, -0.25) is 4.79 Å². The first-order chi connectivity index (χ1) is 9.17. The van der Waals surface area contributed by atoms with E-state index in [1.807, 2.05) is 0 Å². The number of carbonyl (C=O) groups excluding carboxylic acids is 1. The van der Waals surface area contributed by atoms with Crippen molar-refractivity contribution in [3.05, 3.63) is 29.6 Å². The zero-order chi connectivity index (χ0) is 14.1. The molecule has 0 bridgehead atoms. The largest absolute Gasteiger partial charge is 0.494 e. The topological polar surface area (TPSA) is 47.6 Å². The van der Waals surface area contributed by atoms with E-state index < -0.39 is 5.82 Å². The first-order valence-corrected chi connectivity index (χ1v) is 6.25. The number of rotatable bonds is 8. The van der Waals surface area contributed by atoms with E-state index in [-0.39, 0.29) is 11.7 Å². The van der Waals surface area contributed by atoms with Gasteiger partial charge in [0.2, 0.25) is 5.91 Å². The molecule has 0 spiro atoms. The van der Waals surface area contributed by atoms with Crippen molar-refractivity contribution in [3.63, 3.8) is 0 Å². The Morgan fingerprint density at radius 1 is 1.37 bits per heavy atom. The molecule has 0 aliphatic carbocycles. The first kappa shape index (κ1) is 15.4. The van der Waals surface area contributed by atoms with E-state index in [9.17, 15) is 9.18 Å². The molecule has 19 heavy (non-hydrogen) atoms. The summed E-state index contributed by atoms with van der Waals surface area (Å²) in [5.74, 6) is -0.222. The third-order valence-corrected chi connectivity index (χ3v) is 2.70. The van der Waals surface area contributed by atoms with Crippen LogP contribution < -0.4 is 10.1 Å². The molecule has 0 saturated heterocycles. The Bertz CT molecular complexity index is 410. The van der Waals surface area contributed by atoms with Crippen molar-refractivity contribution in [1.29, 1.82) is 0 Å². The van der Waals surface area contributed by atoms with Crippen molar-refractivity contribution in [2.24, 2.45) is 0 Å². The second-order valence-electron chi connectivity index (χ2n) is 4.17. The molecule has 0 aliphatic rings. The van der Waals surface area contributed by atoms with Crippen molar-refractivity contribution >= 4 is 5.91 Å². The van der Waals surface area contributed by atoms with Gasteiger partial charge in [0.15, 0.2) is 11.6 Å². The minimum absolute atomic E-state index is 0.0349. The smallest absolute Gasteiger partial charge is 0.220 e. The van der Waals surface area contributed by atoms with Gasteiger partial charge in [-0.2, -0.15) is 0 Å². The number of benzene rings is 1. The van der Waals surface area contributed by atoms with Gasteiger partial charge in [-0.1, -0.05) is 6.07 Å². The molecule has 5 heteroatoms. The Kier molecular flexibility index (Phi) is 6.89. The summed E-state index contributed by atoms with van der Waals surface area (Å²) < 4.78 is 23.1. The normalized spacial score (nSPS) is 10.3. The third-order valence-electron chi connectivity index (χ3n) is 2.70. The second-order valence-corrected chi connectivity index (χ2v) is 4.17. The van der Waals surface area contributed by atoms with Crippen molar-refractivity contribution in [3.8, 4) is 5.75 Å². The van der Waals surface area contributed by atoms with Crippen LogP contribution >= 0.6 is 0 Å². The number of aryl methyl sites for hydroxylation is 1. The van der Waals surface area contributed by atoms with Gasteiger partial charge in [0, 0.05) is 26.7 Å². The molecule has 4 nitrogen and oxygen atoms in total. The number of carbonyl (C=O) groups is 1. The summed E-state index contributed by atoms with van der Waals surface area (Å²) in [7, 11) is 3.05. The van der Waals surface area contributed by atoms with Crippen molar-refractivity contribution in [2.75, 3.05) is 27.4 Å². The highest BCUT2D eigenvalue weighted by Gasteiger charge is 2.06. The fraction of sp³-hybridized carbons (Fsp3) is 0.500. The van der Waals surface area contributed by atoms with Crippen LogP contribution in [0.2, 0.25) is 0 Å². The minimum Gasteiger partial charge on any atom is -0.494 e. The average molecular weight is 269 g/mol. The van der Waals surface area contributed by atoms with Crippen LogP contribution in [-0.4, -0.2) is 33.3 Å². The molecule has 0 atom stereocenters. The SMILES string of the molecule is COCCCNC(=O)CCc1ccc(OC)c(F)c1. The lowest BCUT2D eigenvalue weighted by molar-refractivity contribution is -0.121. The number of hydrogen-bond acceptors (Lipinski definition) is 3. The lowest BCUT2D eigenvalue weighted by Gasteiger charge is -2.06. The number of amides is 1. The maximum Gasteiger partial charge on any atom is 0.220 e.